The number of para-hydroxylation sites is 2. The predicted octanol–water partition coefficient (Wildman–Crippen LogP) is 13.5. The first-order chi connectivity index (χ1) is 32.1. The van der Waals surface area contributed by atoms with Crippen molar-refractivity contribution >= 4 is 90.1 Å². The molecule has 8 aromatic carbocycles. The van der Waals surface area contributed by atoms with Gasteiger partial charge in [0.1, 0.15) is 11.0 Å². The summed E-state index contributed by atoms with van der Waals surface area (Å²) in [6.07, 6.45) is 0. The van der Waals surface area contributed by atoms with E-state index in [0.717, 1.165) is 50.8 Å². The van der Waals surface area contributed by atoms with Gasteiger partial charge in [-0.25, -0.2) is 0 Å². The number of benzene rings is 8. The first-order valence-corrected chi connectivity index (χ1v) is 23.7. The van der Waals surface area contributed by atoms with Crippen LogP contribution in [0.25, 0.3) is 44.2 Å². The van der Waals surface area contributed by atoms with Crippen LogP contribution in [0.2, 0.25) is 0 Å². The third-order valence-corrected chi connectivity index (χ3v) is 14.2. The van der Waals surface area contributed by atoms with E-state index < -0.39 is 0 Å². The smallest absolute Gasteiger partial charge is 0.252 e. The van der Waals surface area contributed by atoms with Gasteiger partial charge in [-0.05, 0) is 146 Å². The van der Waals surface area contributed by atoms with Gasteiger partial charge in [0, 0.05) is 50.6 Å². The average Bonchev–Trinajstić information content (AvgIpc) is 3.89. The Balaban J connectivity index is 1.11. The molecule has 0 aliphatic carbocycles. The second kappa shape index (κ2) is 14.6. The quantitative estimate of drug-likeness (QED) is 0.165. The largest absolute Gasteiger partial charge is 0.311 e. The molecule has 12 rings (SSSR count). The topological polar surface area (TPSA) is 42.1 Å². The number of nitrogens with zero attached hydrogens (tertiary/aromatic N) is 6. The van der Waals surface area contributed by atoms with E-state index >= 15 is 0 Å². The predicted molar refractivity (Wildman–Crippen MR) is 283 cm³/mol. The van der Waals surface area contributed by atoms with E-state index in [1.165, 1.54) is 60.6 Å². The molecule has 328 valence electrons. The Morgan fingerprint density at radius 1 is 0.373 bits per heavy atom. The molecule has 0 saturated carbocycles. The van der Waals surface area contributed by atoms with Crippen LogP contribution in [-0.2, 0) is 16.2 Å². The number of fused-ring (bicyclic) bond motifs is 8. The molecule has 2 aliphatic rings. The Morgan fingerprint density at radius 2 is 0.851 bits per heavy atom. The van der Waals surface area contributed by atoms with Crippen molar-refractivity contribution in [2.45, 2.75) is 78.6 Å². The van der Waals surface area contributed by atoms with Gasteiger partial charge < -0.3 is 14.4 Å². The number of rotatable bonds is 4. The minimum atomic E-state index is -0.0763. The second-order valence-electron chi connectivity index (χ2n) is 21.7. The minimum Gasteiger partial charge on any atom is -0.311 e. The van der Waals surface area contributed by atoms with Crippen LogP contribution in [0.4, 0.5) is 34.1 Å². The molecule has 0 N–H and O–H groups in total. The number of anilines is 6. The zero-order valence-corrected chi connectivity index (χ0v) is 39.9. The van der Waals surface area contributed by atoms with Crippen LogP contribution >= 0.6 is 0 Å². The molecule has 0 unspecified atom stereocenters. The van der Waals surface area contributed by atoms with E-state index in [0.29, 0.717) is 0 Å². The number of hydrogen-bond acceptors (Lipinski definition) is 4. The van der Waals surface area contributed by atoms with Gasteiger partial charge in [0.15, 0.2) is 0 Å². The summed E-state index contributed by atoms with van der Waals surface area (Å²) >= 11 is 0. The summed E-state index contributed by atoms with van der Waals surface area (Å²) in [5, 5.41) is 12.9. The molecular weight excluding hydrogens is 816 g/mol. The van der Waals surface area contributed by atoms with Crippen molar-refractivity contribution in [2.75, 3.05) is 9.80 Å². The molecule has 0 atom stereocenters. The molecule has 0 saturated heterocycles. The van der Waals surface area contributed by atoms with Crippen LogP contribution in [0.15, 0.2) is 170 Å². The van der Waals surface area contributed by atoms with Crippen LogP contribution in [0, 0.1) is 0 Å². The molecule has 0 amide bonds. The highest BCUT2D eigenvalue weighted by Gasteiger charge is 2.44. The third-order valence-electron chi connectivity index (χ3n) is 14.2. The summed E-state index contributed by atoms with van der Waals surface area (Å²) in [5.41, 5.74) is 20.8. The van der Waals surface area contributed by atoms with Gasteiger partial charge in [-0.3, -0.25) is 0 Å². The lowest BCUT2D eigenvalue weighted by Crippen LogP contribution is -2.61. The zero-order valence-electron chi connectivity index (χ0n) is 39.9. The SMILES string of the molecule is CC(C)(C)c1ccc(-n2nc3cc4c(cc3n2)N(c2ccccc2)c2cccc3c2B4c2ccc(-n4c5ccc(C(C)(C)C)cc5c5cc(C(C)(C)C)ccc54)cc2N3c2ccccc2)cc1. The Morgan fingerprint density at radius 3 is 1.37 bits per heavy atom. The first kappa shape index (κ1) is 41.1. The van der Waals surface area contributed by atoms with Crippen LogP contribution in [0.1, 0.15) is 79.0 Å². The van der Waals surface area contributed by atoms with E-state index in [4.69, 9.17) is 10.2 Å². The number of aromatic nitrogens is 4. The van der Waals surface area contributed by atoms with Gasteiger partial charge in [0.25, 0.3) is 6.71 Å². The molecular formula is C60H55BN6. The molecule has 0 fully saturated rings. The van der Waals surface area contributed by atoms with Gasteiger partial charge in [0.2, 0.25) is 0 Å². The van der Waals surface area contributed by atoms with Crippen molar-refractivity contribution in [1.82, 2.24) is 19.6 Å². The first-order valence-electron chi connectivity index (χ1n) is 23.7. The Bertz CT molecular complexity index is 3510. The second-order valence-corrected chi connectivity index (χ2v) is 21.7. The van der Waals surface area contributed by atoms with Crippen molar-refractivity contribution in [3.63, 3.8) is 0 Å². The van der Waals surface area contributed by atoms with Crippen molar-refractivity contribution in [3.05, 3.63) is 187 Å². The maximum absolute atomic E-state index is 5.19. The fourth-order valence-corrected chi connectivity index (χ4v) is 10.6. The van der Waals surface area contributed by atoms with Crippen LogP contribution in [-0.4, -0.2) is 26.3 Å². The third kappa shape index (κ3) is 6.53. The highest BCUT2D eigenvalue weighted by Crippen LogP contribution is 2.46. The normalized spacial score (nSPS) is 13.7. The van der Waals surface area contributed by atoms with Gasteiger partial charge in [-0.2, -0.15) is 4.80 Å². The van der Waals surface area contributed by atoms with Gasteiger partial charge in [-0.15, -0.1) is 10.2 Å². The molecule has 0 bridgehead atoms. The van der Waals surface area contributed by atoms with E-state index in [-0.39, 0.29) is 23.0 Å². The van der Waals surface area contributed by atoms with Crippen molar-refractivity contribution < 1.29 is 0 Å². The molecule has 10 aromatic rings. The molecule has 0 radical (unpaired) electrons. The maximum atomic E-state index is 5.19. The summed E-state index contributed by atoms with van der Waals surface area (Å²) < 4.78 is 2.49. The Kier molecular flexibility index (Phi) is 8.93. The molecule has 2 aliphatic heterocycles. The summed E-state index contributed by atoms with van der Waals surface area (Å²) in [6.45, 7) is 20.5. The van der Waals surface area contributed by atoms with Crippen LogP contribution in [0.3, 0.4) is 0 Å². The maximum Gasteiger partial charge on any atom is 0.252 e. The van der Waals surface area contributed by atoms with Gasteiger partial charge in [0.05, 0.1) is 16.7 Å². The summed E-state index contributed by atoms with van der Waals surface area (Å²) in [7, 11) is 0. The zero-order chi connectivity index (χ0) is 46.1. The van der Waals surface area contributed by atoms with Crippen molar-refractivity contribution in [2.24, 2.45) is 0 Å². The minimum absolute atomic E-state index is 0.0162. The van der Waals surface area contributed by atoms with Crippen LogP contribution in [0.5, 0.6) is 0 Å². The Labute approximate surface area is 394 Å². The Hall–Kier alpha value is -7.38. The van der Waals surface area contributed by atoms with Crippen molar-refractivity contribution in [1.29, 1.82) is 0 Å². The fourth-order valence-electron chi connectivity index (χ4n) is 10.6. The standard InChI is InChI=1S/C60H55BN6/c1-58(2,3)38-23-27-43(28-24-38)67-62-49-36-48-56(37-50(49)63-67)65(42-19-14-11-15-20-42)54-22-16-21-53-57(54)61(48)47-30-29-44(35-55(47)64(53)41-17-12-10-13-18-41)66-51-31-25-39(59(4,5)6)33-45(51)46-34-40(60(7,8)9)26-32-52(46)66/h10-37H,1-9H3. The molecule has 7 heteroatoms. The van der Waals surface area contributed by atoms with E-state index in [2.05, 4.69) is 247 Å². The lowest BCUT2D eigenvalue weighted by atomic mass is 9.33. The molecule has 0 spiro atoms. The van der Waals surface area contributed by atoms with E-state index in [1.54, 1.807) is 4.80 Å². The molecule has 4 heterocycles. The van der Waals surface area contributed by atoms with Crippen LogP contribution < -0.4 is 26.2 Å². The van der Waals surface area contributed by atoms with E-state index in [1.807, 2.05) is 0 Å². The summed E-state index contributed by atoms with van der Waals surface area (Å²) in [4.78, 5) is 6.72. The van der Waals surface area contributed by atoms with Gasteiger partial charge in [-0.1, -0.05) is 135 Å². The number of hydrogen-bond donors (Lipinski definition) is 0. The average molecular weight is 871 g/mol. The lowest BCUT2D eigenvalue weighted by molar-refractivity contribution is 0.589. The monoisotopic (exact) mass is 870 g/mol. The molecule has 2 aromatic heterocycles. The highest BCUT2D eigenvalue weighted by atomic mass is 15.5. The van der Waals surface area contributed by atoms with E-state index in [9.17, 15) is 0 Å². The highest BCUT2D eigenvalue weighted by molar-refractivity contribution is 7.00. The summed E-state index contributed by atoms with van der Waals surface area (Å²) in [6, 6.07) is 63.1. The molecule has 6 nitrogen and oxygen atoms in total. The molecule has 67 heavy (non-hydrogen) atoms. The van der Waals surface area contributed by atoms with Gasteiger partial charge >= 0.3 is 0 Å². The summed E-state index contributed by atoms with van der Waals surface area (Å²) in [5.74, 6) is 0. The van der Waals surface area contributed by atoms with Crippen molar-refractivity contribution in [3.8, 4) is 11.4 Å². The lowest BCUT2D eigenvalue weighted by Gasteiger charge is -2.44. The fraction of sp³-hybridized carbons (Fsp3) is 0.200.